The van der Waals surface area contributed by atoms with Gasteiger partial charge in [-0.25, -0.2) is 4.98 Å². The lowest BCUT2D eigenvalue weighted by Crippen LogP contribution is -2.33. The fraction of sp³-hybridized carbons (Fsp3) is 0.389. The molecule has 124 valence electrons. The summed E-state index contributed by atoms with van der Waals surface area (Å²) in [5.41, 5.74) is 1.92. The Balaban J connectivity index is 1.53. The van der Waals surface area contributed by atoms with Crippen LogP contribution in [0.1, 0.15) is 65.0 Å². The highest BCUT2D eigenvalue weighted by atomic mass is 35.5. The van der Waals surface area contributed by atoms with Crippen LogP contribution in [0.15, 0.2) is 29.2 Å². The number of hydrogen-bond donors (Lipinski definition) is 2. The van der Waals surface area contributed by atoms with Crippen LogP contribution in [0.4, 0.5) is 0 Å². The number of rotatable bonds is 3. The molecule has 1 aromatic carbocycles. The van der Waals surface area contributed by atoms with Gasteiger partial charge in [0, 0.05) is 17.1 Å². The third-order valence-electron chi connectivity index (χ3n) is 5.05. The molecule has 2 N–H and O–H groups in total. The summed E-state index contributed by atoms with van der Waals surface area (Å²) in [7, 11) is 0. The van der Waals surface area contributed by atoms with Gasteiger partial charge < -0.3 is 10.3 Å². The van der Waals surface area contributed by atoms with Gasteiger partial charge in [0.25, 0.3) is 11.5 Å². The van der Waals surface area contributed by atoms with Crippen molar-refractivity contribution in [2.45, 2.75) is 44.1 Å². The van der Waals surface area contributed by atoms with E-state index in [0.717, 1.165) is 31.2 Å². The largest absolute Gasteiger partial charge is 0.345 e. The molecular formula is C18H18ClN3O2. The Bertz CT molecular complexity index is 858. The second-order valence-electron chi connectivity index (χ2n) is 6.55. The van der Waals surface area contributed by atoms with Gasteiger partial charge in [0.2, 0.25) is 0 Å². The molecule has 1 aromatic heterocycles. The normalized spacial score (nSPS) is 19.6. The number of H-pyrrole nitrogens is 1. The zero-order valence-corrected chi connectivity index (χ0v) is 13.9. The number of hydrogen-bond acceptors (Lipinski definition) is 3. The second kappa shape index (κ2) is 6.06. The first kappa shape index (κ1) is 15.4. The van der Waals surface area contributed by atoms with Gasteiger partial charge in [-0.2, -0.15) is 0 Å². The fourth-order valence-corrected chi connectivity index (χ4v) is 3.60. The Kier molecular flexibility index (Phi) is 3.88. The molecule has 1 fully saturated rings. The Morgan fingerprint density at radius 1 is 1.29 bits per heavy atom. The molecule has 2 aliphatic carbocycles. The summed E-state index contributed by atoms with van der Waals surface area (Å²) in [6.45, 7) is 0. The van der Waals surface area contributed by atoms with E-state index in [1.165, 1.54) is 18.2 Å². The molecule has 0 bridgehead atoms. The predicted molar refractivity (Wildman–Crippen MR) is 91.4 cm³/mol. The van der Waals surface area contributed by atoms with Crippen molar-refractivity contribution in [1.82, 2.24) is 15.3 Å². The summed E-state index contributed by atoms with van der Waals surface area (Å²) in [6, 6.07) is 5.62. The monoisotopic (exact) mass is 343 g/mol. The molecule has 1 atom stereocenters. The Labute approximate surface area is 144 Å². The molecule has 1 saturated carbocycles. The fourth-order valence-electron chi connectivity index (χ4n) is 3.42. The van der Waals surface area contributed by atoms with Crippen molar-refractivity contribution in [2.75, 3.05) is 0 Å². The highest BCUT2D eigenvalue weighted by molar-refractivity contribution is 6.30. The highest BCUT2D eigenvalue weighted by Crippen LogP contribution is 2.34. The SMILES string of the molecule is O=C(NC1CCc2ccc(Cl)cc21)c1cnc(C2CCC2)[nH]c1=O. The minimum atomic E-state index is -0.387. The van der Waals surface area contributed by atoms with Crippen molar-refractivity contribution in [3.05, 3.63) is 62.3 Å². The van der Waals surface area contributed by atoms with Crippen molar-refractivity contribution in [2.24, 2.45) is 0 Å². The Morgan fingerprint density at radius 3 is 2.83 bits per heavy atom. The topological polar surface area (TPSA) is 74.8 Å². The van der Waals surface area contributed by atoms with Crippen molar-refractivity contribution in [3.63, 3.8) is 0 Å². The second-order valence-corrected chi connectivity index (χ2v) is 6.98. The molecule has 1 unspecified atom stereocenters. The van der Waals surface area contributed by atoms with Gasteiger partial charge in [0.1, 0.15) is 11.4 Å². The summed E-state index contributed by atoms with van der Waals surface area (Å²) in [5.74, 6) is 0.640. The lowest BCUT2D eigenvalue weighted by atomic mass is 9.85. The number of benzene rings is 1. The zero-order valence-electron chi connectivity index (χ0n) is 13.1. The van der Waals surface area contributed by atoms with Gasteiger partial charge in [-0.3, -0.25) is 9.59 Å². The maximum Gasteiger partial charge on any atom is 0.263 e. The smallest absolute Gasteiger partial charge is 0.263 e. The number of nitrogens with one attached hydrogen (secondary N) is 2. The third-order valence-corrected chi connectivity index (χ3v) is 5.28. The number of aromatic nitrogens is 2. The first-order valence-corrected chi connectivity index (χ1v) is 8.68. The van der Waals surface area contributed by atoms with Crippen LogP contribution in [0.2, 0.25) is 5.02 Å². The van der Waals surface area contributed by atoms with Crippen LogP contribution in [0.3, 0.4) is 0 Å². The standard InChI is InChI=1S/C18H18ClN3O2/c19-12-6-4-10-5-7-15(13(10)8-12)21-17(23)14-9-20-16(22-18(14)24)11-2-1-3-11/h4,6,8-9,11,15H,1-3,5,7H2,(H,21,23)(H,20,22,24). The number of halogens is 1. The van der Waals surface area contributed by atoms with E-state index in [1.54, 1.807) is 0 Å². The number of aromatic amines is 1. The number of amides is 1. The van der Waals surface area contributed by atoms with E-state index in [1.807, 2.05) is 18.2 Å². The first-order valence-electron chi connectivity index (χ1n) is 8.30. The third kappa shape index (κ3) is 2.73. The number of aryl methyl sites for hydroxylation is 1. The predicted octanol–water partition coefficient (Wildman–Crippen LogP) is 3.11. The molecular weight excluding hydrogens is 326 g/mol. The molecule has 2 aliphatic rings. The minimum Gasteiger partial charge on any atom is -0.345 e. The highest BCUT2D eigenvalue weighted by Gasteiger charge is 2.26. The zero-order chi connectivity index (χ0) is 16.7. The quantitative estimate of drug-likeness (QED) is 0.899. The van der Waals surface area contributed by atoms with Crippen molar-refractivity contribution in [3.8, 4) is 0 Å². The Morgan fingerprint density at radius 2 is 2.12 bits per heavy atom. The summed E-state index contributed by atoms with van der Waals surface area (Å²) >= 11 is 6.06. The van der Waals surface area contributed by atoms with E-state index in [9.17, 15) is 9.59 Å². The molecule has 5 nitrogen and oxygen atoms in total. The molecule has 0 radical (unpaired) electrons. The molecule has 0 aliphatic heterocycles. The average molecular weight is 344 g/mol. The molecule has 1 heterocycles. The molecule has 6 heteroatoms. The first-order chi connectivity index (χ1) is 11.6. The van der Waals surface area contributed by atoms with Crippen LogP contribution in [0.25, 0.3) is 0 Å². The van der Waals surface area contributed by atoms with Crippen LogP contribution < -0.4 is 10.9 Å². The van der Waals surface area contributed by atoms with Gasteiger partial charge in [0.05, 0.1) is 6.04 Å². The average Bonchev–Trinajstić information content (AvgIpc) is 2.88. The van der Waals surface area contributed by atoms with Crippen LogP contribution in [-0.4, -0.2) is 15.9 Å². The number of fused-ring (bicyclic) bond motifs is 1. The van der Waals surface area contributed by atoms with E-state index in [4.69, 9.17) is 11.6 Å². The number of carbonyl (C=O) groups excluding carboxylic acids is 1. The van der Waals surface area contributed by atoms with Crippen molar-refractivity contribution in [1.29, 1.82) is 0 Å². The number of carbonyl (C=O) groups is 1. The van der Waals surface area contributed by atoms with Crippen molar-refractivity contribution < 1.29 is 4.79 Å². The van der Waals surface area contributed by atoms with Gasteiger partial charge in [-0.05, 0) is 48.9 Å². The van der Waals surface area contributed by atoms with E-state index < -0.39 is 0 Å². The van der Waals surface area contributed by atoms with E-state index in [2.05, 4.69) is 15.3 Å². The molecule has 2 aromatic rings. The molecule has 24 heavy (non-hydrogen) atoms. The molecule has 0 spiro atoms. The van der Waals surface area contributed by atoms with Gasteiger partial charge in [-0.15, -0.1) is 0 Å². The molecule has 1 amide bonds. The van der Waals surface area contributed by atoms with Gasteiger partial charge in [-0.1, -0.05) is 24.1 Å². The van der Waals surface area contributed by atoms with Crippen molar-refractivity contribution >= 4 is 17.5 Å². The van der Waals surface area contributed by atoms with Gasteiger partial charge in [0.15, 0.2) is 0 Å². The van der Waals surface area contributed by atoms with Crippen LogP contribution in [0, 0.1) is 0 Å². The van der Waals surface area contributed by atoms with Crippen LogP contribution in [-0.2, 0) is 6.42 Å². The van der Waals surface area contributed by atoms with E-state index >= 15 is 0 Å². The van der Waals surface area contributed by atoms with Crippen LogP contribution >= 0.6 is 11.6 Å². The maximum absolute atomic E-state index is 12.5. The molecule has 0 saturated heterocycles. The summed E-state index contributed by atoms with van der Waals surface area (Å²) in [4.78, 5) is 31.7. The number of nitrogens with zero attached hydrogens (tertiary/aromatic N) is 1. The lowest BCUT2D eigenvalue weighted by Gasteiger charge is -2.24. The van der Waals surface area contributed by atoms with Gasteiger partial charge >= 0.3 is 0 Å². The molecule has 4 rings (SSSR count). The lowest BCUT2D eigenvalue weighted by molar-refractivity contribution is 0.0934. The Hall–Kier alpha value is -2.14. The van der Waals surface area contributed by atoms with Crippen LogP contribution in [0.5, 0.6) is 0 Å². The summed E-state index contributed by atoms with van der Waals surface area (Å²) < 4.78 is 0. The minimum absolute atomic E-state index is 0.0635. The maximum atomic E-state index is 12.5. The summed E-state index contributed by atoms with van der Waals surface area (Å²) in [6.07, 6.45) is 6.37. The van der Waals surface area contributed by atoms with E-state index in [-0.39, 0.29) is 23.1 Å². The van der Waals surface area contributed by atoms with E-state index in [0.29, 0.717) is 16.8 Å². The summed E-state index contributed by atoms with van der Waals surface area (Å²) in [5, 5.41) is 3.59.